The Morgan fingerprint density at radius 2 is 2.00 bits per heavy atom. The van der Waals surface area contributed by atoms with Crippen molar-refractivity contribution in [3.63, 3.8) is 0 Å². The van der Waals surface area contributed by atoms with Crippen molar-refractivity contribution in [2.75, 3.05) is 38.3 Å². The number of nitrogens with zero attached hydrogens (tertiary/aromatic N) is 1. The average Bonchev–Trinajstić information content (AvgIpc) is 2.81. The molecule has 0 atom stereocenters. The van der Waals surface area contributed by atoms with Crippen molar-refractivity contribution in [3.8, 4) is 5.75 Å². The minimum atomic E-state index is -0.687. The number of anilines is 1. The van der Waals surface area contributed by atoms with Gasteiger partial charge in [-0.2, -0.15) is 0 Å². The number of hydrogen-bond acceptors (Lipinski definition) is 6. The van der Waals surface area contributed by atoms with Crippen LogP contribution in [0.4, 0.5) is 10.1 Å². The number of nitrogens with one attached hydrogen (secondary N) is 2. The molecule has 0 aliphatic carbocycles. The van der Waals surface area contributed by atoms with Gasteiger partial charge in [-0.15, -0.1) is 0 Å². The first kappa shape index (κ1) is 22.3. The van der Waals surface area contributed by atoms with Gasteiger partial charge in [0.05, 0.1) is 25.9 Å². The van der Waals surface area contributed by atoms with Gasteiger partial charge in [0.25, 0.3) is 11.8 Å². The van der Waals surface area contributed by atoms with Crippen LogP contribution < -0.4 is 20.4 Å². The molecule has 0 radical (unpaired) electrons. The predicted molar refractivity (Wildman–Crippen MR) is 113 cm³/mol. The van der Waals surface area contributed by atoms with Crippen LogP contribution in [0.5, 0.6) is 5.75 Å². The number of morpholine rings is 1. The van der Waals surface area contributed by atoms with Gasteiger partial charge in [-0.1, -0.05) is 6.07 Å². The molecular formula is C22H24FN3O5. The van der Waals surface area contributed by atoms with Gasteiger partial charge < -0.3 is 19.7 Å². The van der Waals surface area contributed by atoms with Crippen LogP contribution in [0.2, 0.25) is 0 Å². The number of rotatable bonds is 7. The maximum atomic E-state index is 13.9. The van der Waals surface area contributed by atoms with Crippen molar-refractivity contribution < 1.29 is 28.7 Å². The van der Waals surface area contributed by atoms with E-state index in [4.69, 9.17) is 14.7 Å². The van der Waals surface area contributed by atoms with Crippen molar-refractivity contribution in [2.24, 2.45) is 0 Å². The molecule has 0 unspecified atom stereocenters. The number of ether oxygens (including phenoxy) is 2. The van der Waals surface area contributed by atoms with Crippen molar-refractivity contribution in [1.29, 1.82) is 0 Å². The van der Waals surface area contributed by atoms with E-state index in [2.05, 4.69) is 5.32 Å². The van der Waals surface area contributed by atoms with Gasteiger partial charge in [-0.3, -0.25) is 14.8 Å². The fourth-order valence-electron chi connectivity index (χ4n) is 3.26. The molecule has 0 saturated carbocycles. The molecule has 0 spiro atoms. The molecule has 9 heteroatoms. The summed E-state index contributed by atoms with van der Waals surface area (Å²) in [6, 6.07) is 9.34. The summed E-state index contributed by atoms with van der Waals surface area (Å²) in [6.07, 6.45) is 2.65. The van der Waals surface area contributed by atoms with Crippen molar-refractivity contribution in [2.45, 2.75) is 6.54 Å². The first-order valence-corrected chi connectivity index (χ1v) is 9.71. The molecule has 2 aromatic rings. The number of methoxy groups -OCH3 is 1. The SMILES string of the molecule is COc1ccc(CNC(=O)c2cc(F)ccc2N2CCOCC2)c(/C=C/C(=O)NO)c1. The number of carbonyl (C=O) groups is 2. The number of amides is 2. The zero-order valence-corrected chi connectivity index (χ0v) is 17.1. The topological polar surface area (TPSA) is 100 Å². The molecule has 1 heterocycles. The molecule has 164 valence electrons. The molecule has 1 aliphatic rings. The average molecular weight is 429 g/mol. The third-order valence-electron chi connectivity index (χ3n) is 4.87. The zero-order chi connectivity index (χ0) is 22.2. The molecule has 8 nitrogen and oxygen atoms in total. The van der Waals surface area contributed by atoms with E-state index in [9.17, 15) is 14.0 Å². The maximum absolute atomic E-state index is 13.9. The van der Waals surface area contributed by atoms with Crippen LogP contribution in [0.3, 0.4) is 0 Å². The Hall–Kier alpha value is -3.43. The van der Waals surface area contributed by atoms with Gasteiger partial charge >= 0.3 is 0 Å². The zero-order valence-electron chi connectivity index (χ0n) is 17.1. The van der Waals surface area contributed by atoms with Gasteiger partial charge in [-0.05, 0) is 47.5 Å². The number of hydrogen-bond donors (Lipinski definition) is 3. The van der Waals surface area contributed by atoms with Crippen molar-refractivity contribution in [1.82, 2.24) is 10.8 Å². The summed E-state index contributed by atoms with van der Waals surface area (Å²) in [4.78, 5) is 26.2. The molecular weight excluding hydrogens is 405 g/mol. The monoisotopic (exact) mass is 429 g/mol. The van der Waals surface area contributed by atoms with Crippen LogP contribution >= 0.6 is 0 Å². The second-order valence-corrected chi connectivity index (χ2v) is 6.82. The van der Waals surface area contributed by atoms with E-state index in [1.807, 2.05) is 4.90 Å². The van der Waals surface area contributed by atoms with Crippen molar-refractivity contribution in [3.05, 3.63) is 65.0 Å². The van der Waals surface area contributed by atoms with Crippen molar-refractivity contribution >= 4 is 23.6 Å². The Morgan fingerprint density at radius 1 is 1.23 bits per heavy atom. The molecule has 1 saturated heterocycles. The van der Waals surface area contributed by atoms with Crippen LogP contribution in [-0.4, -0.2) is 50.4 Å². The summed E-state index contributed by atoms with van der Waals surface area (Å²) in [5.74, 6) is -1.03. The third-order valence-corrected chi connectivity index (χ3v) is 4.87. The second-order valence-electron chi connectivity index (χ2n) is 6.82. The summed E-state index contributed by atoms with van der Waals surface area (Å²) in [7, 11) is 1.52. The van der Waals surface area contributed by atoms with Gasteiger partial charge in [0.2, 0.25) is 0 Å². The first-order chi connectivity index (χ1) is 15.0. The Balaban J connectivity index is 1.80. The third kappa shape index (κ3) is 5.80. The molecule has 31 heavy (non-hydrogen) atoms. The lowest BCUT2D eigenvalue weighted by Crippen LogP contribution is -2.38. The maximum Gasteiger partial charge on any atom is 0.267 e. The normalized spacial score (nSPS) is 13.8. The standard InChI is InChI=1S/C22H24FN3O5/c1-30-18-5-2-16(15(12-18)3-7-21(27)25-29)14-24-22(28)19-13-17(23)4-6-20(19)26-8-10-31-11-9-26/h2-7,12-13,29H,8-11,14H2,1H3,(H,24,28)(H,25,27)/b7-3+. The smallest absolute Gasteiger partial charge is 0.267 e. The highest BCUT2D eigenvalue weighted by atomic mass is 19.1. The Labute approximate surface area is 179 Å². The number of halogens is 1. The molecule has 0 aromatic heterocycles. The molecule has 1 fully saturated rings. The Bertz CT molecular complexity index is 974. The van der Waals surface area contributed by atoms with Crippen LogP contribution in [0, 0.1) is 5.82 Å². The minimum Gasteiger partial charge on any atom is -0.497 e. The Kier molecular flexibility index (Phi) is 7.58. The summed E-state index contributed by atoms with van der Waals surface area (Å²) in [5.41, 5.74) is 3.74. The highest BCUT2D eigenvalue weighted by Gasteiger charge is 2.19. The highest BCUT2D eigenvalue weighted by molar-refractivity contribution is 6.00. The highest BCUT2D eigenvalue weighted by Crippen LogP contribution is 2.24. The summed E-state index contributed by atoms with van der Waals surface area (Å²) < 4.78 is 24.4. The number of hydroxylamine groups is 1. The van der Waals surface area contributed by atoms with E-state index in [0.717, 1.165) is 6.08 Å². The van der Waals surface area contributed by atoms with Crippen LogP contribution in [0.1, 0.15) is 21.5 Å². The van der Waals surface area contributed by atoms with E-state index < -0.39 is 17.6 Å². The predicted octanol–water partition coefficient (Wildman–Crippen LogP) is 2.12. The summed E-state index contributed by atoms with van der Waals surface area (Å²) >= 11 is 0. The molecule has 3 rings (SSSR count). The van der Waals surface area contributed by atoms with Crippen LogP contribution in [0.15, 0.2) is 42.5 Å². The largest absolute Gasteiger partial charge is 0.497 e. The van der Waals surface area contributed by atoms with Crippen LogP contribution in [-0.2, 0) is 16.1 Å². The van der Waals surface area contributed by atoms with E-state index in [1.165, 1.54) is 30.8 Å². The lowest BCUT2D eigenvalue weighted by Gasteiger charge is -2.30. The molecule has 0 bridgehead atoms. The number of benzene rings is 2. The van der Waals surface area contributed by atoms with Gasteiger partial charge in [-0.25, -0.2) is 9.87 Å². The lowest BCUT2D eigenvalue weighted by atomic mass is 10.1. The quantitative estimate of drug-likeness (QED) is 0.354. The molecule has 3 N–H and O–H groups in total. The second kappa shape index (κ2) is 10.6. The first-order valence-electron chi connectivity index (χ1n) is 9.71. The lowest BCUT2D eigenvalue weighted by molar-refractivity contribution is -0.124. The van der Waals surface area contributed by atoms with Gasteiger partial charge in [0.15, 0.2) is 0 Å². The minimum absolute atomic E-state index is 0.141. The van der Waals surface area contributed by atoms with Gasteiger partial charge in [0, 0.05) is 31.4 Å². The molecule has 2 aromatic carbocycles. The fraction of sp³-hybridized carbons (Fsp3) is 0.273. The summed E-state index contributed by atoms with van der Waals surface area (Å²) in [6.45, 7) is 2.46. The molecule has 1 aliphatic heterocycles. The van der Waals surface area contributed by atoms with E-state index in [-0.39, 0.29) is 12.1 Å². The Morgan fingerprint density at radius 3 is 2.71 bits per heavy atom. The molecule has 2 amide bonds. The van der Waals surface area contributed by atoms with E-state index >= 15 is 0 Å². The van der Waals surface area contributed by atoms with E-state index in [1.54, 1.807) is 24.3 Å². The number of carbonyl (C=O) groups excluding carboxylic acids is 2. The van der Waals surface area contributed by atoms with Gasteiger partial charge in [0.1, 0.15) is 11.6 Å². The summed E-state index contributed by atoms with van der Waals surface area (Å²) in [5, 5.41) is 11.5. The fourth-order valence-corrected chi connectivity index (χ4v) is 3.26. The van der Waals surface area contributed by atoms with E-state index in [0.29, 0.717) is 48.9 Å². The van der Waals surface area contributed by atoms with Crippen LogP contribution in [0.25, 0.3) is 6.08 Å².